The predicted octanol–water partition coefficient (Wildman–Crippen LogP) is 4.32. The van der Waals surface area contributed by atoms with Crippen LogP contribution in [-0.2, 0) is 0 Å². The largest absolute Gasteiger partial charge is 0.359 e. The molecule has 0 fully saturated rings. The monoisotopic (exact) mass is 371 g/mol. The molecule has 0 unspecified atom stereocenters. The van der Waals surface area contributed by atoms with Crippen molar-refractivity contribution in [3.8, 4) is 11.3 Å². The lowest BCUT2D eigenvalue weighted by molar-refractivity contribution is 1.06. The van der Waals surface area contributed by atoms with Gasteiger partial charge in [0.05, 0.1) is 11.9 Å². The Morgan fingerprint density at radius 2 is 1.89 bits per heavy atom. The van der Waals surface area contributed by atoms with E-state index in [1.807, 2.05) is 24.3 Å². The van der Waals surface area contributed by atoms with Crippen molar-refractivity contribution < 1.29 is 0 Å². The molecule has 0 saturated carbocycles. The molecule has 0 saturated heterocycles. The number of nitrogens with zero attached hydrogens (tertiary/aromatic N) is 3. The number of pyridine rings is 1. The topological polar surface area (TPSA) is 62.7 Å². The summed E-state index contributed by atoms with van der Waals surface area (Å²) in [5.41, 5.74) is 3.09. The predicted molar refractivity (Wildman–Crippen MR) is 115 cm³/mol. The minimum atomic E-state index is 0.486. The highest BCUT2D eigenvalue weighted by Gasteiger charge is 2.07. The van der Waals surface area contributed by atoms with Crippen LogP contribution in [0.5, 0.6) is 0 Å². The molecule has 0 aliphatic heterocycles. The van der Waals surface area contributed by atoms with Crippen LogP contribution in [0, 0.1) is 0 Å². The van der Waals surface area contributed by atoms with E-state index in [9.17, 15) is 0 Å². The Bertz CT molecular complexity index is 1160. The highest BCUT2D eigenvalue weighted by Crippen LogP contribution is 2.24. The van der Waals surface area contributed by atoms with Crippen molar-refractivity contribution in [1.82, 2.24) is 20.3 Å². The summed E-state index contributed by atoms with van der Waals surface area (Å²) in [6, 6.07) is 18.2. The Kier molecular flexibility index (Phi) is 4.72. The maximum atomic E-state index is 5.23. The quantitative estimate of drug-likeness (QED) is 0.412. The van der Waals surface area contributed by atoms with E-state index < -0.39 is 0 Å². The zero-order valence-electron chi connectivity index (χ0n) is 14.5. The van der Waals surface area contributed by atoms with E-state index in [-0.39, 0.29) is 0 Å². The number of hydrogen-bond acceptors (Lipinski definition) is 4. The maximum Gasteiger partial charge on any atom is 0.180 e. The van der Waals surface area contributed by atoms with E-state index in [4.69, 9.17) is 12.2 Å². The van der Waals surface area contributed by atoms with Gasteiger partial charge < -0.3 is 10.6 Å². The zero-order valence-corrected chi connectivity index (χ0v) is 15.3. The van der Waals surface area contributed by atoms with Crippen LogP contribution < -0.4 is 10.6 Å². The normalized spacial score (nSPS) is 10.7. The molecule has 0 amide bonds. The number of rotatable bonds is 4. The van der Waals surface area contributed by atoms with Gasteiger partial charge in [0.2, 0.25) is 0 Å². The van der Waals surface area contributed by atoms with Gasteiger partial charge in [-0.25, -0.2) is 9.97 Å². The van der Waals surface area contributed by atoms with Gasteiger partial charge in [0, 0.05) is 12.1 Å². The second-order valence-electron chi connectivity index (χ2n) is 5.98. The number of nitrogens with one attached hydrogen (secondary N) is 2. The average molecular weight is 371 g/mol. The van der Waals surface area contributed by atoms with Crippen LogP contribution >= 0.6 is 12.2 Å². The van der Waals surface area contributed by atoms with Gasteiger partial charge in [0.25, 0.3) is 0 Å². The minimum Gasteiger partial charge on any atom is -0.359 e. The third-order valence-electron chi connectivity index (χ3n) is 4.10. The lowest BCUT2D eigenvalue weighted by atomic mass is 10.1. The average Bonchev–Trinajstić information content (AvgIpc) is 2.71. The molecular formula is C21H17N5S. The molecule has 2 heterocycles. The Labute approximate surface area is 162 Å². The molecule has 0 bridgehead atoms. The smallest absolute Gasteiger partial charge is 0.180 e. The van der Waals surface area contributed by atoms with E-state index in [2.05, 4.69) is 62.5 Å². The third kappa shape index (κ3) is 3.75. The highest BCUT2D eigenvalue weighted by atomic mass is 32.1. The molecule has 0 aliphatic rings. The molecular weight excluding hydrogens is 354 g/mol. The fraction of sp³-hybridized carbons (Fsp3) is 0.0476. The van der Waals surface area contributed by atoms with Crippen LogP contribution in [0.1, 0.15) is 0 Å². The summed E-state index contributed by atoms with van der Waals surface area (Å²) in [6.45, 7) is 4.24. The molecule has 0 spiro atoms. The van der Waals surface area contributed by atoms with Crippen molar-refractivity contribution in [3.63, 3.8) is 0 Å². The van der Waals surface area contributed by atoms with Gasteiger partial charge in [-0.15, -0.1) is 6.58 Å². The SMILES string of the molecule is C=CCNC(=S)Nc1ccc2ncc(-c3ccc4ccccc4c3)nc2n1. The van der Waals surface area contributed by atoms with E-state index >= 15 is 0 Å². The first-order chi connectivity index (χ1) is 13.2. The first-order valence-corrected chi connectivity index (χ1v) is 8.92. The fourth-order valence-corrected chi connectivity index (χ4v) is 2.97. The Hall–Kier alpha value is -3.38. The van der Waals surface area contributed by atoms with E-state index in [1.54, 1.807) is 12.3 Å². The van der Waals surface area contributed by atoms with E-state index in [0.29, 0.717) is 23.1 Å². The van der Waals surface area contributed by atoms with Crippen molar-refractivity contribution in [2.45, 2.75) is 0 Å². The first kappa shape index (κ1) is 17.1. The molecule has 4 rings (SSSR count). The second-order valence-corrected chi connectivity index (χ2v) is 6.39. The van der Waals surface area contributed by atoms with Crippen molar-refractivity contribution in [1.29, 1.82) is 0 Å². The van der Waals surface area contributed by atoms with Gasteiger partial charge in [-0.05, 0) is 41.2 Å². The summed E-state index contributed by atoms with van der Waals surface area (Å²) in [5.74, 6) is 0.619. The zero-order chi connectivity index (χ0) is 18.6. The van der Waals surface area contributed by atoms with Gasteiger partial charge in [0.1, 0.15) is 11.3 Å². The van der Waals surface area contributed by atoms with Crippen LogP contribution in [0.3, 0.4) is 0 Å². The van der Waals surface area contributed by atoms with E-state index in [0.717, 1.165) is 16.8 Å². The summed E-state index contributed by atoms with van der Waals surface area (Å²) in [7, 11) is 0. The minimum absolute atomic E-state index is 0.486. The lowest BCUT2D eigenvalue weighted by Crippen LogP contribution is -2.28. The van der Waals surface area contributed by atoms with Crippen LogP contribution in [0.15, 0.2) is 73.4 Å². The molecule has 2 N–H and O–H groups in total. The Morgan fingerprint density at radius 3 is 2.74 bits per heavy atom. The molecule has 27 heavy (non-hydrogen) atoms. The summed E-state index contributed by atoms with van der Waals surface area (Å²) in [4.78, 5) is 13.7. The van der Waals surface area contributed by atoms with E-state index in [1.165, 1.54) is 10.8 Å². The molecule has 2 aromatic carbocycles. The van der Waals surface area contributed by atoms with Crippen molar-refractivity contribution in [3.05, 3.63) is 73.4 Å². The Balaban J connectivity index is 1.67. The van der Waals surface area contributed by atoms with Crippen LogP contribution in [-0.4, -0.2) is 26.6 Å². The molecule has 0 aliphatic carbocycles. The summed E-state index contributed by atoms with van der Waals surface area (Å²) in [6.07, 6.45) is 3.51. The van der Waals surface area contributed by atoms with Crippen LogP contribution in [0.4, 0.5) is 5.82 Å². The van der Waals surface area contributed by atoms with Crippen molar-refractivity contribution in [2.24, 2.45) is 0 Å². The van der Waals surface area contributed by atoms with Gasteiger partial charge in [-0.3, -0.25) is 4.98 Å². The van der Waals surface area contributed by atoms with Gasteiger partial charge in [-0.2, -0.15) is 0 Å². The first-order valence-electron chi connectivity index (χ1n) is 8.52. The molecule has 4 aromatic rings. The number of hydrogen-bond donors (Lipinski definition) is 2. The molecule has 0 atom stereocenters. The van der Waals surface area contributed by atoms with Gasteiger partial charge in [0.15, 0.2) is 10.8 Å². The maximum absolute atomic E-state index is 5.23. The highest BCUT2D eigenvalue weighted by molar-refractivity contribution is 7.80. The summed E-state index contributed by atoms with van der Waals surface area (Å²) >= 11 is 5.23. The third-order valence-corrected chi connectivity index (χ3v) is 4.35. The molecule has 2 aromatic heterocycles. The number of aromatic nitrogens is 3. The van der Waals surface area contributed by atoms with Gasteiger partial charge in [-0.1, -0.05) is 42.5 Å². The summed E-state index contributed by atoms with van der Waals surface area (Å²) < 4.78 is 0. The summed E-state index contributed by atoms with van der Waals surface area (Å²) in [5, 5.41) is 8.90. The number of fused-ring (bicyclic) bond motifs is 2. The molecule has 132 valence electrons. The number of benzene rings is 2. The second kappa shape index (κ2) is 7.47. The lowest BCUT2D eigenvalue weighted by Gasteiger charge is -2.09. The standard InChI is InChI=1S/C21H17N5S/c1-2-11-22-21(27)26-19-10-9-17-20(25-19)24-18(13-23-17)16-8-7-14-5-3-4-6-15(14)12-16/h2-10,12-13H,1,11H2,(H2,22,24,25,26,27). The van der Waals surface area contributed by atoms with Crippen molar-refractivity contribution in [2.75, 3.05) is 11.9 Å². The number of thiocarbonyl (C=S) groups is 1. The van der Waals surface area contributed by atoms with Gasteiger partial charge >= 0.3 is 0 Å². The molecule has 0 radical (unpaired) electrons. The Morgan fingerprint density at radius 1 is 1.04 bits per heavy atom. The molecule has 5 nitrogen and oxygen atoms in total. The van der Waals surface area contributed by atoms with Crippen LogP contribution in [0.2, 0.25) is 0 Å². The van der Waals surface area contributed by atoms with Crippen molar-refractivity contribution >= 4 is 45.1 Å². The number of anilines is 1. The molecule has 6 heteroatoms. The fourth-order valence-electron chi connectivity index (χ4n) is 2.78. The van der Waals surface area contributed by atoms with Crippen LogP contribution in [0.25, 0.3) is 33.2 Å².